The van der Waals surface area contributed by atoms with Crippen LogP contribution in [0.4, 0.5) is 0 Å². The lowest BCUT2D eigenvalue weighted by atomic mass is 10.4. The lowest BCUT2D eigenvalue weighted by molar-refractivity contribution is 0.0990. The van der Waals surface area contributed by atoms with Gasteiger partial charge in [0.1, 0.15) is 12.9 Å². The number of rotatable bonds is 4. The number of furan rings is 1. The Balaban J connectivity index is 2.52. The maximum atomic E-state index is 10.9. The number of hydrogen-bond donors (Lipinski definition) is 3. The number of aliphatic hydroxyl groups excluding tert-OH is 1. The van der Waals surface area contributed by atoms with Gasteiger partial charge in [0.05, 0.1) is 7.11 Å². The summed E-state index contributed by atoms with van der Waals surface area (Å²) in [5, 5.41) is 22.4. The predicted octanol–water partition coefficient (Wildman–Crippen LogP) is -0.834. The van der Waals surface area contributed by atoms with E-state index in [0.717, 1.165) is 4.68 Å². The molecule has 2 rings (SSSR count). The highest BCUT2D eigenvalue weighted by Crippen LogP contribution is 2.38. The second kappa shape index (κ2) is 4.37. The van der Waals surface area contributed by atoms with Crippen LogP contribution in [0.3, 0.4) is 0 Å². The van der Waals surface area contributed by atoms with Crippen molar-refractivity contribution in [2.45, 2.75) is 6.61 Å². The fourth-order valence-electron chi connectivity index (χ4n) is 1.36. The van der Waals surface area contributed by atoms with Crippen LogP contribution in [0.5, 0.6) is 11.5 Å². The molecule has 9 nitrogen and oxygen atoms in total. The molecule has 9 heteroatoms. The Labute approximate surface area is 100 Å². The lowest BCUT2D eigenvalue weighted by Crippen LogP contribution is -2.13. The van der Waals surface area contributed by atoms with Crippen molar-refractivity contribution in [3.8, 4) is 17.4 Å². The molecule has 0 spiro atoms. The smallest absolute Gasteiger partial charge is 0.288 e. The molecule has 0 fully saturated rings. The van der Waals surface area contributed by atoms with Crippen molar-refractivity contribution in [2.24, 2.45) is 5.73 Å². The van der Waals surface area contributed by atoms with Gasteiger partial charge in [0, 0.05) is 0 Å². The van der Waals surface area contributed by atoms with Gasteiger partial charge in [-0.3, -0.25) is 4.79 Å². The maximum absolute atomic E-state index is 10.9. The molecule has 0 aliphatic carbocycles. The highest BCUT2D eigenvalue weighted by atomic mass is 16.5. The zero-order chi connectivity index (χ0) is 13.3. The molecule has 18 heavy (non-hydrogen) atoms. The largest absolute Gasteiger partial charge is 0.502 e. The summed E-state index contributed by atoms with van der Waals surface area (Å²) in [6.07, 6.45) is 1.17. The van der Waals surface area contributed by atoms with E-state index in [1.54, 1.807) is 0 Å². The van der Waals surface area contributed by atoms with Gasteiger partial charge in [0.15, 0.2) is 5.76 Å². The van der Waals surface area contributed by atoms with Crippen LogP contribution in [0.1, 0.15) is 16.4 Å². The molecular formula is C9H10N4O5. The van der Waals surface area contributed by atoms with E-state index in [1.807, 2.05) is 0 Å². The van der Waals surface area contributed by atoms with Crippen LogP contribution in [0.2, 0.25) is 0 Å². The Morgan fingerprint density at radius 1 is 1.67 bits per heavy atom. The quantitative estimate of drug-likeness (QED) is 0.647. The van der Waals surface area contributed by atoms with Gasteiger partial charge in [-0.1, -0.05) is 0 Å². The summed E-state index contributed by atoms with van der Waals surface area (Å²) in [4.78, 5) is 14.5. The van der Waals surface area contributed by atoms with Crippen LogP contribution in [-0.4, -0.2) is 38.0 Å². The third-order valence-corrected chi connectivity index (χ3v) is 2.16. The highest BCUT2D eigenvalue weighted by Gasteiger charge is 2.23. The SMILES string of the molecule is COc1c(-n2cnc(C(N)=O)n2)oc(CO)c1O. The second-order valence-corrected chi connectivity index (χ2v) is 3.25. The van der Waals surface area contributed by atoms with Crippen LogP contribution in [0.25, 0.3) is 5.88 Å². The number of nitrogens with two attached hydrogens (primary N) is 1. The Kier molecular flexibility index (Phi) is 2.90. The topological polar surface area (TPSA) is 137 Å². The van der Waals surface area contributed by atoms with Crippen molar-refractivity contribution in [1.29, 1.82) is 0 Å². The minimum atomic E-state index is -0.800. The van der Waals surface area contributed by atoms with Gasteiger partial charge >= 0.3 is 0 Å². The molecule has 0 unspecified atom stereocenters. The van der Waals surface area contributed by atoms with E-state index in [-0.39, 0.29) is 29.0 Å². The van der Waals surface area contributed by atoms with E-state index in [1.165, 1.54) is 13.4 Å². The molecule has 1 amide bonds. The molecule has 0 aromatic carbocycles. The van der Waals surface area contributed by atoms with Gasteiger partial charge in [-0.05, 0) is 0 Å². The van der Waals surface area contributed by atoms with Gasteiger partial charge in [-0.15, -0.1) is 5.10 Å². The maximum Gasteiger partial charge on any atom is 0.288 e. The minimum absolute atomic E-state index is 0.0148. The molecule has 96 valence electrons. The molecular weight excluding hydrogens is 244 g/mol. The van der Waals surface area contributed by atoms with Crippen LogP contribution in [-0.2, 0) is 6.61 Å². The number of carbonyl (C=O) groups is 1. The molecule has 0 aliphatic heterocycles. The normalized spacial score (nSPS) is 10.6. The van der Waals surface area contributed by atoms with Crippen LogP contribution in [0.15, 0.2) is 10.7 Å². The zero-order valence-corrected chi connectivity index (χ0v) is 9.32. The molecule has 0 saturated carbocycles. The van der Waals surface area contributed by atoms with Crippen LogP contribution < -0.4 is 10.5 Å². The molecule has 2 heterocycles. The number of primary amides is 1. The molecule has 0 aliphatic rings. The summed E-state index contributed by atoms with van der Waals surface area (Å²) >= 11 is 0. The molecule has 4 N–H and O–H groups in total. The van der Waals surface area contributed by atoms with E-state index in [9.17, 15) is 9.90 Å². The number of carbonyl (C=O) groups excluding carboxylic acids is 1. The minimum Gasteiger partial charge on any atom is -0.502 e. The van der Waals surface area contributed by atoms with E-state index in [4.69, 9.17) is 20.0 Å². The van der Waals surface area contributed by atoms with Crippen molar-refractivity contribution in [2.75, 3.05) is 7.11 Å². The number of aromatic hydroxyl groups is 1. The number of methoxy groups -OCH3 is 1. The van der Waals surface area contributed by atoms with Gasteiger partial charge in [0.25, 0.3) is 11.8 Å². The third-order valence-electron chi connectivity index (χ3n) is 2.16. The first-order valence-electron chi connectivity index (χ1n) is 4.79. The third kappa shape index (κ3) is 1.76. The standard InChI is InChI=1S/C9H10N4O5/c1-17-6-5(15)4(2-14)18-9(6)13-3-11-8(12-13)7(10)16/h3,14-15H,2H2,1H3,(H2,10,16). The van der Waals surface area contributed by atoms with E-state index in [0.29, 0.717) is 0 Å². The summed E-state index contributed by atoms with van der Waals surface area (Å²) in [7, 11) is 1.31. The van der Waals surface area contributed by atoms with Crippen LogP contribution >= 0.6 is 0 Å². The number of amides is 1. The van der Waals surface area contributed by atoms with E-state index >= 15 is 0 Å². The number of nitrogens with zero attached hydrogens (tertiary/aromatic N) is 3. The monoisotopic (exact) mass is 254 g/mol. The van der Waals surface area contributed by atoms with Crippen molar-refractivity contribution < 1.29 is 24.2 Å². The predicted molar refractivity (Wildman–Crippen MR) is 56.3 cm³/mol. The zero-order valence-electron chi connectivity index (χ0n) is 9.32. The fourth-order valence-corrected chi connectivity index (χ4v) is 1.36. The molecule has 2 aromatic heterocycles. The molecule has 2 aromatic rings. The highest BCUT2D eigenvalue weighted by molar-refractivity contribution is 5.88. The van der Waals surface area contributed by atoms with Crippen molar-refractivity contribution in [3.05, 3.63) is 17.9 Å². The number of ether oxygens (including phenoxy) is 1. The number of hydrogen-bond acceptors (Lipinski definition) is 7. The van der Waals surface area contributed by atoms with Crippen molar-refractivity contribution >= 4 is 5.91 Å². The fraction of sp³-hybridized carbons (Fsp3) is 0.222. The average molecular weight is 254 g/mol. The first-order valence-corrected chi connectivity index (χ1v) is 4.79. The molecule has 0 atom stereocenters. The first kappa shape index (κ1) is 11.9. The Morgan fingerprint density at radius 3 is 2.89 bits per heavy atom. The van der Waals surface area contributed by atoms with Crippen molar-refractivity contribution in [1.82, 2.24) is 14.8 Å². The molecule has 0 saturated heterocycles. The summed E-state index contributed by atoms with van der Waals surface area (Å²) in [6, 6.07) is 0. The average Bonchev–Trinajstić information content (AvgIpc) is 2.93. The van der Waals surface area contributed by atoms with Gasteiger partial charge < -0.3 is 25.1 Å². The first-order chi connectivity index (χ1) is 8.58. The summed E-state index contributed by atoms with van der Waals surface area (Å²) in [5.41, 5.74) is 5.01. The Hall–Kier alpha value is -2.55. The summed E-state index contributed by atoms with van der Waals surface area (Å²) < 4.78 is 11.1. The Morgan fingerprint density at radius 2 is 2.39 bits per heavy atom. The second-order valence-electron chi connectivity index (χ2n) is 3.25. The lowest BCUT2D eigenvalue weighted by Gasteiger charge is -1.99. The van der Waals surface area contributed by atoms with Gasteiger partial charge in [-0.25, -0.2) is 4.98 Å². The number of aromatic nitrogens is 3. The Bertz CT molecular complexity index is 588. The van der Waals surface area contributed by atoms with E-state index in [2.05, 4.69) is 10.1 Å². The van der Waals surface area contributed by atoms with Crippen molar-refractivity contribution in [3.63, 3.8) is 0 Å². The molecule has 0 bridgehead atoms. The molecule has 0 radical (unpaired) electrons. The van der Waals surface area contributed by atoms with Gasteiger partial charge in [-0.2, -0.15) is 4.68 Å². The van der Waals surface area contributed by atoms with E-state index < -0.39 is 12.5 Å². The number of aliphatic hydroxyl groups is 1. The summed E-state index contributed by atoms with van der Waals surface area (Å²) in [5.74, 6) is -1.48. The van der Waals surface area contributed by atoms with Crippen LogP contribution in [0, 0.1) is 0 Å². The summed E-state index contributed by atoms with van der Waals surface area (Å²) in [6.45, 7) is -0.514. The van der Waals surface area contributed by atoms with Gasteiger partial charge in [0.2, 0.25) is 17.3 Å².